The van der Waals surface area contributed by atoms with Gasteiger partial charge >= 0.3 is 0 Å². The third kappa shape index (κ3) is 1.69. The zero-order valence-corrected chi connectivity index (χ0v) is 16.3. The quantitative estimate of drug-likeness (QED) is 0.216. The number of aromatic nitrogens is 2. The second-order valence-corrected chi connectivity index (χ2v) is 7.99. The Hall–Kier alpha value is -4.16. The molecule has 0 aliphatic heterocycles. The average molecular weight is 381 g/mol. The minimum Gasteiger partial charge on any atom is -0.308 e. The molecule has 0 amide bonds. The third-order valence-corrected chi connectivity index (χ3v) is 6.56. The highest BCUT2D eigenvalue weighted by Crippen LogP contribution is 2.43. The highest BCUT2D eigenvalue weighted by atomic mass is 14.9. The Labute approximate surface area is 171 Å². The van der Waals surface area contributed by atoms with Crippen LogP contribution in [0.25, 0.3) is 59.8 Å². The minimum atomic E-state index is 0.711. The molecule has 0 N–H and O–H groups in total. The van der Waals surface area contributed by atoms with Crippen molar-refractivity contribution < 1.29 is 0 Å². The van der Waals surface area contributed by atoms with Crippen LogP contribution in [0.5, 0.6) is 0 Å². The number of benzene rings is 4. The van der Waals surface area contributed by atoms with Crippen LogP contribution < -0.4 is 0 Å². The number of hydrogen-bond acceptors (Lipinski definition) is 2. The van der Waals surface area contributed by atoms with Gasteiger partial charge in [-0.2, -0.15) is 5.26 Å². The SMILES string of the molecule is Cc1c2ccccc2cc2c3nccc4ccc5c6c(C#N)cccc6n(c12)c5c43. The highest BCUT2D eigenvalue weighted by molar-refractivity contribution is 6.29. The maximum absolute atomic E-state index is 9.82. The first-order valence-corrected chi connectivity index (χ1v) is 10.1. The second-order valence-electron chi connectivity index (χ2n) is 7.99. The molecule has 0 saturated heterocycles. The van der Waals surface area contributed by atoms with E-state index in [-0.39, 0.29) is 0 Å². The fraction of sp³-hybridized carbons (Fsp3) is 0.0370. The lowest BCUT2D eigenvalue weighted by atomic mass is 9.97. The van der Waals surface area contributed by atoms with Crippen LogP contribution in [-0.4, -0.2) is 9.38 Å². The largest absolute Gasteiger partial charge is 0.308 e. The van der Waals surface area contributed by atoms with Crippen molar-refractivity contribution in [1.29, 1.82) is 5.26 Å². The van der Waals surface area contributed by atoms with E-state index in [0.717, 1.165) is 38.1 Å². The molecule has 7 aromatic rings. The summed E-state index contributed by atoms with van der Waals surface area (Å²) in [5, 5.41) is 17.9. The number of rotatable bonds is 0. The molecule has 0 aliphatic rings. The van der Waals surface area contributed by atoms with Crippen LogP contribution in [0.2, 0.25) is 0 Å². The summed E-state index contributed by atoms with van der Waals surface area (Å²) < 4.78 is 2.36. The lowest BCUT2D eigenvalue weighted by molar-refractivity contribution is 1.32. The first-order valence-electron chi connectivity index (χ1n) is 10.1. The molecule has 0 unspecified atom stereocenters. The van der Waals surface area contributed by atoms with E-state index in [1.807, 2.05) is 18.3 Å². The first kappa shape index (κ1) is 15.7. The van der Waals surface area contributed by atoms with Gasteiger partial charge in [0.05, 0.1) is 33.7 Å². The Balaban J connectivity index is 1.97. The Kier molecular flexibility index (Phi) is 2.75. The van der Waals surface area contributed by atoms with Gasteiger partial charge in [0.25, 0.3) is 0 Å². The van der Waals surface area contributed by atoms with Gasteiger partial charge in [-0.15, -0.1) is 0 Å². The van der Waals surface area contributed by atoms with Crippen molar-refractivity contribution >= 4 is 59.8 Å². The molecule has 0 aliphatic carbocycles. The summed E-state index contributed by atoms with van der Waals surface area (Å²) in [4.78, 5) is 4.84. The van der Waals surface area contributed by atoms with Gasteiger partial charge in [0.1, 0.15) is 0 Å². The van der Waals surface area contributed by atoms with Crippen molar-refractivity contribution in [1.82, 2.24) is 9.38 Å². The van der Waals surface area contributed by atoms with Gasteiger partial charge in [0.2, 0.25) is 0 Å². The first-order chi connectivity index (χ1) is 14.8. The van der Waals surface area contributed by atoms with Gasteiger partial charge < -0.3 is 4.40 Å². The van der Waals surface area contributed by atoms with Crippen LogP contribution in [0.3, 0.4) is 0 Å². The van der Waals surface area contributed by atoms with Gasteiger partial charge in [0.15, 0.2) is 0 Å². The summed E-state index contributed by atoms with van der Waals surface area (Å²) >= 11 is 0. The van der Waals surface area contributed by atoms with Gasteiger partial charge in [-0.3, -0.25) is 4.98 Å². The minimum absolute atomic E-state index is 0.711. The number of pyridine rings is 2. The summed E-state index contributed by atoms with van der Waals surface area (Å²) in [6, 6.07) is 25.6. The lowest BCUT2D eigenvalue weighted by Gasteiger charge is -2.15. The number of fused-ring (bicyclic) bond motifs is 7. The van der Waals surface area contributed by atoms with Crippen LogP contribution in [0.15, 0.2) is 72.9 Å². The van der Waals surface area contributed by atoms with Crippen LogP contribution in [0, 0.1) is 18.3 Å². The van der Waals surface area contributed by atoms with Crippen molar-refractivity contribution in [2.24, 2.45) is 0 Å². The van der Waals surface area contributed by atoms with E-state index in [9.17, 15) is 5.26 Å². The Morgan fingerprint density at radius 3 is 2.60 bits per heavy atom. The standard InChI is InChI=1S/C27H15N3/c1-15-19-7-3-2-5-17(19)13-21-25-24-16(11-12-29-25)9-10-20-23-18(14-28)6-4-8-22(23)30(26(15)21)27(20)24/h2-13H,1H3. The van der Waals surface area contributed by atoms with E-state index in [0.29, 0.717) is 5.56 Å². The van der Waals surface area contributed by atoms with Crippen molar-refractivity contribution in [3.05, 3.63) is 84.1 Å². The molecule has 30 heavy (non-hydrogen) atoms. The van der Waals surface area contributed by atoms with Gasteiger partial charge in [0, 0.05) is 27.7 Å². The molecule has 7 rings (SSSR count). The predicted molar refractivity (Wildman–Crippen MR) is 123 cm³/mol. The second kappa shape index (κ2) is 5.25. The van der Waals surface area contributed by atoms with E-state index >= 15 is 0 Å². The monoisotopic (exact) mass is 381 g/mol. The molecule has 3 heterocycles. The predicted octanol–water partition coefficient (Wildman–Crippen LogP) is 6.72. The zero-order valence-electron chi connectivity index (χ0n) is 16.3. The topological polar surface area (TPSA) is 41.1 Å². The maximum atomic E-state index is 9.82. The molecule has 0 radical (unpaired) electrons. The summed E-state index contributed by atoms with van der Waals surface area (Å²) in [5.74, 6) is 0. The molecule has 0 bridgehead atoms. The number of nitrogens with zero attached hydrogens (tertiary/aromatic N) is 3. The van der Waals surface area contributed by atoms with Crippen molar-refractivity contribution in [2.75, 3.05) is 0 Å². The average Bonchev–Trinajstić information content (AvgIpc) is 3.14. The van der Waals surface area contributed by atoms with Crippen LogP contribution in [0.1, 0.15) is 11.1 Å². The molecular formula is C27H15N3. The highest BCUT2D eigenvalue weighted by Gasteiger charge is 2.21. The molecule has 0 spiro atoms. The van der Waals surface area contributed by atoms with Crippen molar-refractivity contribution in [2.45, 2.75) is 6.92 Å². The third-order valence-electron chi connectivity index (χ3n) is 6.56. The van der Waals surface area contributed by atoms with E-state index < -0.39 is 0 Å². The van der Waals surface area contributed by atoms with Gasteiger partial charge in [-0.1, -0.05) is 42.5 Å². The summed E-state index contributed by atoms with van der Waals surface area (Å²) in [6.45, 7) is 2.20. The summed E-state index contributed by atoms with van der Waals surface area (Å²) in [7, 11) is 0. The fourth-order valence-corrected chi connectivity index (χ4v) is 5.33. The smallest absolute Gasteiger partial charge is 0.0998 e. The lowest BCUT2D eigenvalue weighted by Crippen LogP contribution is -1.97. The zero-order chi connectivity index (χ0) is 20.0. The Bertz CT molecular complexity index is 1870. The molecule has 0 saturated carbocycles. The van der Waals surface area contributed by atoms with Crippen LogP contribution in [0.4, 0.5) is 0 Å². The fourth-order valence-electron chi connectivity index (χ4n) is 5.33. The molecule has 3 nitrogen and oxygen atoms in total. The van der Waals surface area contributed by atoms with E-state index in [2.05, 4.69) is 72.0 Å². The van der Waals surface area contributed by atoms with E-state index in [4.69, 9.17) is 4.98 Å². The van der Waals surface area contributed by atoms with Crippen molar-refractivity contribution in [3.63, 3.8) is 0 Å². The normalized spacial score (nSPS) is 12.1. The van der Waals surface area contributed by atoms with Gasteiger partial charge in [-0.05, 0) is 52.9 Å². The van der Waals surface area contributed by atoms with Crippen LogP contribution >= 0.6 is 0 Å². The molecular weight excluding hydrogens is 366 g/mol. The van der Waals surface area contributed by atoms with E-state index in [1.54, 1.807) is 0 Å². The molecule has 0 fully saturated rings. The Morgan fingerprint density at radius 2 is 1.70 bits per heavy atom. The Morgan fingerprint density at radius 1 is 0.800 bits per heavy atom. The molecule has 138 valence electrons. The summed E-state index contributed by atoms with van der Waals surface area (Å²) in [6.07, 6.45) is 1.90. The molecule has 3 aromatic heterocycles. The molecule has 3 heteroatoms. The molecule has 0 atom stereocenters. The van der Waals surface area contributed by atoms with Crippen molar-refractivity contribution in [3.8, 4) is 6.07 Å². The number of aryl methyl sites for hydroxylation is 1. The molecule has 4 aromatic carbocycles. The number of hydrogen-bond donors (Lipinski definition) is 0. The number of nitriles is 1. The van der Waals surface area contributed by atoms with Crippen LogP contribution in [-0.2, 0) is 0 Å². The van der Waals surface area contributed by atoms with E-state index in [1.165, 1.54) is 27.2 Å². The maximum Gasteiger partial charge on any atom is 0.0998 e. The summed E-state index contributed by atoms with van der Waals surface area (Å²) in [5.41, 5.74) is 6.36. The van der Waals surface area contributed by atoms with Gasteiger partial charge in [-0.25, -0.2) is 0 Å².